The van der Waals surface area contributed by atoms with Gasteiger partial charge in [-0.15, -0.1) is 0 Å². The lowest BCUT2D eigenvalue weighted by Crippen LogP contribution is -2.09. The number of nitrogens with zero attached hydrogens (tertiary/aromatic N) is 2. The first-order valence-electron chi connectivity index (χ1n) is 7.92. The molecule has 3 heterocycles. The van der Waals surface area contributed by atoms with Crippen molar-refractivity contribution in [2.45, 2.75) is 30.2 Å². The summed E-state index contributed by atoms with van der Waals surface area (Å²) >= 11 is -0.475. The molecule has 138 valence electrons. The molecule has 9 heteroatoms. The van der Waals surface area contributed by atoms with Crippen molar-refractivity contribution in [1.82, 2.24) is 9.97 Å². The molecule has 0 amide bonds. The molecule has 4 nitrogen and oxygen atoms in total. The lowest BCUT2D eigenvalue weighted by molar-refractivity contribution is -0.136. The zero-order valence-corrected chi connectivity index (χ0v) is 15.5. The average molecular weight is 399 g/mol. The highest BCUT2D eigenvalue weighted by molar-refractivity contribution is 7.93. The van der Waals surface area contributed by atoms with E-state index in [9.17, 15) is 17.7 Å². The highest BCUT2D eigenvalue weighted by Gasteiger charge is 2.37. The zero-order chi connectivity index (χ0) is 18.9. The summed E-state index contributed by atoms with van der Waals surface area (Å²) in [4.78, 5) is 8.39. The highest BCUT2D eigenvalue weighted by Crippen LogP contribution is 2.45. The Bertz CT molecular complexity index is 913. The van der Waals surface area contributed by atoms with Gasteiger partial charge in [0.2, 0.25) is 4.21 Å². The number of anilines is 1. The van der Waals surface area contributed by atoms with E-state index >= 15 is 0 Å². The number of nitrogens with two attached hydrogens (primary N) is 1. The van der Waals surface area contributed by atoms with E-state index in [1.54, 1.807) is 12.1 Å². The quantitative estimate of drug-likeness (QED) is 0.621. The number of hydrogen-bond donors (Lipinski definition) is 1. The molecule has 0 aliphatic heterocycles. The van der Waals surface area contributed by atoms with Gasteiger partial charge in [-0.2, -0.15) is 13.2 Å². The number of aromatic nitrogens is 2. The minimum absolute atomic E-state index is 0.0861. The monoisotopic (exact) mass is 399 g/mol. The number of hydrogen-bond acceptors (Lipinski definition) is 5. The highest BCUT2D eigenvalue weighted by atomic mass is 32.2. The Morgan fingerprint density at radius 1 is 1.35 bits per heavy atom. The van der Waals surface area contributed by atoms with Crippen LogP contribution in [0.1, 0.15) is 25.3 Å². The molecule has 3 rings (SSSR count). The van der Waals surface area contributed by atoms with Gasteiger partial charge in [-0.05, 0) is 35.8 Å². The maximum Gasteiger partial charge on any atom is 0.417 e. The van der Waals surface area contributed by atoms with Gasteiger partial charge < -0.3 is 10.3 Å². The standard InChI is InChI=1S/C17H16F3N3OS2/c1-2-3-7-26(24)16-14(21)13-11(17(18,19)20)8-12(23-15(13)25-16)10-5-4-6-22-9-10/h4-6,8-9H,2-3,7,21H2,1H3. The lowest BCUT2D eigenvalue weighted by Gasteiger charge is -2.11. The Kier molecular flexibility index (Phi) is 5.40. The summed E-state index contributed by atoms with van der Waals surface area (Å²) in [7, 11) is 0. The summed E-state index contributed by atoms with van der Waals surface area (Å²) < 4.78 is 53.6. The van der Waals surface area contributed by atoms with E-state index in [4.69, 9.17) is 5.73 Å². The van der Waals surface area contributed by atoms with Crippen LogP contribution in [-0.4, -0.2) is 20.3 Å². The van der Waals surface area contributed by atoms with Crippen LogP contribution in [0.4, 0.5) is 18.9 Å². The normalized spacial score (nSPS) is 13.3. The van der Waals surface area contributed by atoms with E-state index in [-0.39, 0.29) is 25.8 Å². The Balaban J connectivity index is 2.21. The van der Waals surface area contributed by atoms with E-state index in [0.29, 0.717) is 17.7 Å². The van der Waals surface area contributed by atoms with Crippen molar-refractivity contribution in [2.75, 3.05) is 11.5 Å². The Morgan fingerprint density at radius 3 is 2.73 bits per heavy atom. The molecular weight excluding hydrogens is 383 g/mol. The molecule has 0 saturated heterocycles. The van der Waals surface area contributed by atoms with Gasteiger partial charge in [-0.1, -0.05) is 24.7 Å². The van der Waals surface area contributed by atoms with Gasteiger partial charge in [0.15, 0.2) is 0 Å². The Hall–Kier alpha value is -1.84. The molecule has 2 N–H and O–H groups in total. The van der Waals surface area contributed by atoms with Gasteiger partial charge in [0, 0.05) is 18.0 Å². The first kappa shape index (κ1) is 18.9. The summed E-state index contributed by atoms with van der Waals surface area (Å²) in [6.07, 6.45) is -0.0690. The first-order chi connectivity index (χ1) is 12.3. The van der Waals surface area contributed by atoms with Crippen LogP contribution >= 0.6 is 11.3 Å². The van der Waals surface area contributed by atoms with E-state index in [1.165, 1.54) is 12.4 Å². The smallest absolute Gasteiger partial charge is 0.417 e. The van der Waals surface area contributed by atoms with Crippen LogP contribution in [0.2, 0.25) is 0 Å². The maximum atomic E-state index is 13.6. The van der Waals surface area contributed by atoms with E-state index < -0.39 is 22.9 Å². The third kappa shape index (κ3) is 3.65. The largest absolute Gasteiger partial charge is 0.611 e. The summed E-state index contributed by atoms with van der Waals surface area (Å²) in [6.45, 7) is 1.95. The maximum absolute atomic E-state index is 13.6. The molecule has 0 aliphatic carbocycles. The topological polar surface area (TPSA) is 74.9 Å². The second kappa shape index (κ2) is 7.42. The summed E-state index contributed by atoms with van der Waals surface area (Å²) in [5, 5.41) is -0.171. The molecule has 0 spiro atoms. The number of thiophene rings is 1. The minimum atomic E-state index is -4.60. The molecule has 3 aromatic rings. The molecule has 0 bridgehead atoms. The van der Waals surface area contributed by atoms with Gasteiger partial charge >= 0.3 is 6.18 Å². The van der Waals surface area contributed by atoms with Gasteiger partial charge in [0.1, 0.15) is 16.3 Å². The number of halogens is 3. The van der Waals surface area contributed by atoms with Crippen LogP contribution < -0.4 is 5.73 Å². The van der Waals surface area contributed by atoms with Gasteiger partial charge in [0.05, 0.1) is 16.6 Å². The first-order valence-corrected chi connectivity index (χ1v) is 10.1. The van der Waals surface area contributed by atoms with Crippen molar-refractivity contribution in [1.29, 1.82) is 0 Å². The SMILES string of the molecule is CCCC[S+]([O-])c1sc2nc(-c3cccnc3)cc(C(F)(F)F)c2c1N. The van der Waals surface area contributed by atoms with E-state index in [1.807, 2.05) is 6.92 Å². The number of alkyl halides is 3. The zero-order valence-electron chi connectivity index (χ0n) is 13.8. The van der Waals surface area contributed by atoms with Gasteiger partial charge in [-0.3, -0.25) is 4.98 Å². The average Bonchev–Trinajstić information content (AvgIpc) is 2.95. The van der Waals surface area contributed by atoms with Crippen molar-refractivity contribution in [2.24, 2.45) is 0 Å². The van der Waals surface area contributed by atoms with E-state index in [0.717, 1.165) is 23.8 Å². The summed E-state index contributed by atoms with van der Waals surface area (Å²) in [6, 6.07) is 4.24. The molecule has 0 saturated carbocycles. The lowest BCUT2D eigenvalue weighted by atomic mass is 10.1. The van der Waals surface area contributed by atoms with Crippen molar-refractivity contribution in [3.05, 3.63) is 36.2 Å². The summed E-state index contributed by atoms with van der Waals surface area (Å²) in [5.74, 6) is 0.365. The van der Waals surface area contributed by atoms with Crippen molar-refractivity contribution in [3.63, 3.8) is 0 Å². The number of fused-ring (bicyclic) bond motifs is 1. The third-order valence-electron chi connectivity index (χ3n) is 3.82. The Labute approximate surface area is 155 Å². The van der Waals surface area contributed by atoms with Crippen molar-refractivity contribution in [3.8, 4) is 11.3 Å². The van der Waals surface area contributed by atoms with Crippen LogP contribution in [0, 0.1) is 0 Å². The van der Waals surface area contributed by atoms with Crippen LogP contribution in [0.25, 0.3) is 21.5 Å². The molecule has 1 unspecified atom stereocenters. The fourth-order valence-electron chi connectivity index (χ4n) is 2.52. The van der Waals surface area contributed by atoms with Crippen molar-refractivity contribution < 1.29 is 17.7 Å². The number of unbranched alkanes of at least 4 members (excludes halogenated alkanes) is 1. The number of rotatable bonds is 5. The molecule has 1 atom stereocenters. The molecule has 0 fully saturated rings. The summed E-state index contributed by atoms with van der Waals surface area (Å²) in [5.41, 5.74) is 5.64. The predicted octanol–water partition coefficient (Wildman–Crippen LogP) is 4.87. The fraction of sp³-hybridized carbons (Fsp3) is 0.294. The van der Waals surface area contributed by atoms with Crippen LogP contribution in [0.15, 0.2) is 34.8 Å². The minimum Gasteiger partial charge on any atom is -0.611 e. The molecule has 0 radical (unpaired) electrons. The molecule has 0 aromatic carbocycles. The second-order valence-electron chi connectivity index (χ2n) is 5.68. The van der Waals surface area contributed by atoms with Crippen molar-refractivity contribution >= 4 is 38.4 Å². The van der Waals surface area contributed by atoms with Crippen LogP contribution in [0.3, 0.4) is 0 Å². The molecule has 26 heavy (non-hydrogen) atoms. The molecule has 0 aliphatic rings. The molecular formula is C17H16F3N3OS2. The number of pyridine rings is 2. The molecule has 3 aromatic heterocycles. The second-order valence-corrected chi connectivity index (χ2v) is 8.45. The Morgan fingerprint density at radius 2 is 2.12 bits per heavy atom. The van der Waals surface area contributed by atoms with Gasteiger partial charge in [-0.25, -0.2) is 4.98 Å². The number of nitrogen functional groups attached to an aromatic ring is 1. The van der Waals surface area contributed by atoms with Crippen LogP contribution in [0.5, 0.6) is 0 Å². The third-order valence-corrected chi connectivity index (χ3v) is 6.81. The fourth-order valence-corrected chi connectivity index (χ4v) is 5.32. The van der Waals surface area contributed by atoms with Crippen LogP contribution in [-0.2, 0) is 17.4 Å². The van der Waals surface area contributed by atoms with Gasteiger partial charge in [0.25, 0.3) is 0 Å². The predicted molar refractivity (Wildman–Crippen MR) is 98.4 cm³/mol. The van der Waals surface area contributed by atoms with E-state index in [2.05, 4.69) is 9.97 Å².